The van der Waals surface area contributed by atoms with E-state index in [-0.39, 0.29) is 18.0 Å². The maximum Gasteiger partial charge on any atom is 0.221 e. The number of nitrogens with one attached hydrogen (secondary N) is 2. The summed E-state index contributed by atoms with van der Waals surface area (Å²) in [5, 5.41) is 16.2. The summed E-state index contributed by atoms with van der Waals surface area (Å²) in [6, 6.07) is 6.17. The normalized spacial score (nSPS) is 18.6. The fraction of sp³-hybridized carbons (Fsp3) is 0.562. The van der Waals surface area contributed by atoms with Gasteiger partial charge in [-0.3, -0.25) is 4.79 Å². The lowest BCUT2D eigenvalue weighted by Gasteiger charge is -2.15. The number of fused-ring (bicyclic) bond motifs is 1. The number of aromatic hydroxyl groups is 1. The van der Waals surface area contributed by atoms with E-state index in [9.17, 15) is 9.90 Å². The maximum absolute atomic E-state index is 11.7. The van der Waals surface area contributed by atoms with Gasteiger partial charge >= 0.3 is 0 Å². The molecule has 3 N–H and O–H groups in total. The van der Waals surface area contributed by atoms with Gasteiger partial charge in [-0.25, -0.2) is 0 Å². The molecule has 1 amide bonds. The van der Waals surface area contributed by atoms with Crippen molar-refractivity contribution in [1.29, 1.82) is 0 Å². The molecule has 0 spiro atoms. The zero-order valence-electron chi connectivity index (χ0n) is 12.3. The van der Waals surface area contributed by atoms with E-state index in [1.54, 1.807) is 6.07 Å². The zero-order chi connectivity index (χ0) is 14.5. The van der Waals surface area contributed by atoms with Crippen LogP contribution in [0.25, 0.3) is 0 Å². The maximum atomic E-state index is 11.7. The van der Waals surface area contributed by atoms with E-state index in [1.807, 2.05) is 13.0 Å². The molecule has 0 bridgehead atoms. The molecule has 0 radical (unpaired) electrons. The number of carbonyl (C=O) groups excluding carboxylic acids is 1. The quantitative estimate of drug-likeness (QED) is 0.747. The van der Waals surface area contributed by atoms with E-state index in [1.165, 1.54) is 5.56 Å². The molecule has 4 nitrogen and oxygen atoms in total. The second-order valence-corrected chi connectivity index (χ2v) is 5.52. The number of carbonyl (C=O) groups is 1. The molecule has 2 unspecified atom stereocenters. The summed E-state index contributed by atoms with van der Waals surface area (Å²) in [7, 11) is 0. The monoisotopic (exact) mass is 276 g/mol. The Bertz CT molecular complexity index is 474. The number of phenols is 1. The van der Waals surface area contributed by atoms with E-state index in [0.29, 0.717) is 18.7 Å². The van der Waals surface area contributed by atoms with Gasteiger partial charge in [-0.15, -0.1) is 0 Å². The first kappa shape index (κ1) is 14.9. The third-order valence-electron chi connectivity index (χ3n) is 4.01. The summed E-state index contributed by atoms with van der Waals surface area (Å²) in [5.74, 6) is 0.488. The summed E-state index contributed by atoms with van der Waals surface area (Å²) in [5.41, 5.74) is 2.22. The lowest BCUT2D eigenvalue weighted by molar-refractivity contribution is -0.121. The summed E-state index contributed by atoms with van der Waals surface area (Å²) in [4.78, 5) is 11.7. The number of benzene rings is 1. The summed E-state index contributed by atoms with van der Waals surface area (Å²) < 4.78 is 0. The van der Waals surface area contributed by atoms with Gasteiger partial charge in [0.05, 0.1) is 0 Å². The predicted octanol–water partition coefficient (Wildman–Crippen LogP) is 2.27. The fourth-order valence-corrected chi connectivity index (χ4v) is 2.66. The van der Waals surface area contributed by atoms with Crippen LogP contribution in [0.5, 0.6) is 5.75 Å². The third-order valence-corrected chi connectivity index (χ3v) is 4.01. The summed E-state index contributed by atoms with van der Waals surface area (Å²) >= 11 is 0. The van der Waals surface area contributed by atoms with Crippen molar-refractivity contribution >= 4 is 5.91 Å². The minimum Gasteiger partial charge on any atom is -0.508 e. The minimum absolute atomic E-state index is 0.0981. The Hall–Kier alpha value is -1.55. The topological polar surface area (TPSA) is 61.4 Å². The van der Waals surface area contributed by atoms with Gasteiger partial charge in [0.15, 0.2) is 0 Å². The van der Waals surface area contributed by atoms with Crippen molar-refractivity contribution in [2.24, 2.45) is 0 Å². The molecule has 0 saturated carbocycles. The van der Waals surface area contributed by atoms with Crippen LogP contribution in [-0.2, 0) is 11.2 Å². The molecule has 2 rings (SSSR count). The predicted molar refractivity (Wildman–Crippen MR) is 79.7 cm³/mol. The van der Waals surface area contributed by atoms with E-state index in [0.717, 1.165) is 24.8 Å². The first-order chi connectivity index (χ1) is 9.61. The van der Waals surface area contributed by atoms with Crippen LogP contribution >= 0.6 is 0 Å². The van der Waals surface area contributed by atoms with E-state index in [2.05, 4.69) is 23.6 Å². The number of rotatable bonds is 6. The molecule has 1 aliphatic rings. The molecule has 0 fully saturated rings. The van der Waals surface area contributed by atoms with Crippen LogP contribution in [-0.4, -0.2) is 23.6 Å². The van der Waals surface area contributed by atoms with Crippen molar-refractivity contribution in [3.8, 4) is 5.75 Å². The first-order valence-electron chi connectivity index (χ1n) is 7.45. The average molecular weight is 276 g/mol. The van der Waals surface area contributed by atoms with Gasteiger partial charge in [0.1, 0.15) is 5.75 Å². The lowest BCUT2D eigenvalue weighted by atomic mass is 10.1. The molecule has 0 saturated heterocycles. The van der Waals surface area contributed by atoms with Crippen molar-refractivity contribution in [3.05, 3.63) is 29.3 Å². The number of phenolic OH excluding ortho intramolecular Hbond substituents is 1. The molecule has 20 heavy (non-hydrogen) atoms. The minimum atomic E-state index is 0.0981. The third kappa shape index (κ3) is 3.51. The molecule has 1 aromatic carbocycles. The molecular formula is C16H24N2O2. The fourth-order valence-electron chi connectivity index (χ4n) is 2.66. The van der Waals surface area contributed by atoms with Crippen LogP contribution in [0.1, 0.15) is 50.3 Å². The van der Waals surface area contributed by atoms with Gasteiger partial charge in [-0.1, -0.05) is 19.1 Å². The highest BCUT2D eigenvalue weighted by molar-refractivity contribution is 5.76. The van der Waals surface area contributed by atoms with E-state index >= 15 is 0 Å². The largest absolute Gasteiger partial charge is 0.508 e. The Morgan fingerprint density at radius 2 is 2.30 bits per heavy atom. The van der Waals surface area contributed by atoms with Crippen LogP contribution in [0.15, 0.2) is 18.2 Å². The number of hydrogen-bond acceptors (Lipinski definition) is 3. The Kier molecular flexibility index (Phi) is 5.01. The van der Waals surface area contributed by atoms with Gasteiger partial charge in [0, 0.05) is 25.0 Å². The summed E-state index contributed by atoms with van der Waals surface area (Å²) in [6.45, 7) is 4.74. The molecule has 1 aromatic rings. The molecular weight excluding hydrogens is 252 g/mol. The van der Waals surface area contributed by atoms with Crippen molar-refractivity contribution in [2.45, 2.75) is 51.6 Å². The van der Waals surface area contributed by atoms with E-state index in [4.69, 9.17) is 0 Å². The van der Waals surface area contributed by atoms with Crippen LogP contribution in [0.2, 0.25) is 0 Å². The van der Waals surface area contributed by atoms with Gasteiger partial charge < -0.3 is 15.7 Å². The lowest BCUT2D eigenvalue weighted by Crippen LogP contribution is -2.34. The van der Waals surface area contributed by atoms with Crippen LogP contribution < -0.4 is 10.6 Å². The smallest absolute Gasteiger partial charge is 0.221 e. The van der Waals surface area contributed by atoms with Crippen molar-refractivity contribution in [3.63, 3.8) is 0 Å². The van der Waals surface area contributed by atoms with Crippen molar-refractivity contribution < 1.29 is 9.90 Å². The van der Waals surface area contributed by atoms with Crippen LogP contribution in [0.4, 0.5) is 0 Å². The Morgan fingerprint density at radius 1 is 1.50 bits per heavy atom. The molecule has 2 atom stereocenters. The molecule has 110 valence electrons. The summed E-state index contributed by atoms with van der Waals surface area (Å²) in [6.07, 6.45) is 3.34. The highest BCUT2D eigenvalue weighted by atomic mass is 16.3. The van der Waals surface area contributed by atoms with Crippen molar-refractivity contribution in [1.82, 2.24) is 10.6 Å². The molecule has 1 aliphatic carbocycles. The Morgan fingerprint density at radius 3 is 3.05 bits per heavy atom. The zero-order valence-corrected chi connectivity index (χ0v) is 12.3. The molecule has 0 aromatic heterocycles. The molecule has 0 heterocycles. The van der Waals surface area contributed by atoms with Gasteiger partial charge in [0.25, 0.3) is 0 Å². The highest BCUT2D eigenvalue weighted by Crippen LogP contribution is 2.36. The molecule has 0 aliphatic heterocycles. The van der Waals surface area contributed by atoms with Crippen molar-refractivity contribution in [2.75, 3.05) is 6.54 Å². The Balaban J connectivity index is 1.80. The van der Waals surface area contributed by atoms with Crippen LogP contribution in [0, 0.1) is 0 Å². The van der Waals surface area contributed by atoms with Gasteiger partial charge in [0.2, 0.25) is 5.91 Å². The average Bonchev–Trinajstić information content (AvgIpc) is 2.83. The second-order valence-electron chi connectivity index (χ2n) is 5.52. The standard InChI is InChI=1S/C16H24N2O2/c1-3-11(2)18-16(20)9-10-17-14-8-7-13-12(14)5-4-6-15(13)19/h4-6,11,14,17,19H,3,7-10H2,1-2H3,(H,18,20). The van der Waals surface area contributed by atoms with E-state index < -0.39 is 0 Å². The SMILES string of the molecule is CCC(C)NC(=O)CCNC1CCc2c(O)cccc21. The molecule has 4 heteroatoms. The van der Waals surface area contributed by atoms with Gasteiger partial charge in [-0.05, 0) is 43.4 Å². The first-order valence-corrected chi connectivity index (χ1v) is 7.45. The number of amides is 1. The highest BCUT2D eigenvalue weighted by Gasteiger charge is 2.24. The van der Waals surface area contributed by atoms with Gasteiger partial charge in [-0.2, -0.15) is 0 Å². The Labute approximate surface area is 120 Å². The second kappa shape index (κ2) is 6.75. The number of hydrogen-bond donors (Lipinski definition) is 3. The van der Waals surface area contributed by atoms with Crippen LogP contribution in [0.3, 0.4) is 0 Å².